The lowest BCUT2D eigenvalue weighted by molar-refractivity contribution is -0.153. The first kappa shape index (κ1) is 14.1. The van der Waals surface area contributed by atoms with Crippen LogP contribution in [0.2, 0.25) is 0 Å². The van der Waals surface area contributed by atoms with E-state index >= 15 is 0 Å². The summed E-state index contributed by atoms with van der Waals surface area (Å²) >= 11 is 0. The van der Waals surface area contributed by atoms with Gasteiger partial charge in [0, 0.05) is 13.1 Å². The van der Waals surface area contributed by atoms with E-state index in [-0.39, 0.29) is 17.3 Å². The molecule has 0 saturated carbocycles. The van der Waals surface area contributed by atoms with Crippen LogP contribution in [0.25, 0.3) is 0 Å². The number of likely N-dealkylation sites (tertiary alicyclic amines) is 1. The van der Waals surface area contributed by atoms with Crippen molar-refractivity contribution in [2.75, 3.05) is 20.2 Å². The first-order chi connectivity index (χ1) is 9.03. The topological polar surface area (TPSA) is 29.5 Å². The third-order valence-corrected chi connectivity index (χ3v) is 4.19. The Bertz CT molecular complexity index is 428. The quantitative estimate of drug-likeness (QED) is 0.784. The zero-order chi connectivity index (χ0) is 13.9. The molecule has 3 heteroatoms. The molecule has 19 heavy (non-hydrogen) atoms. The highest BCUT2D eigenvalue weighted by atomic mass is 16.5. The molecule has 1 unspecified atom stereocenters. The molecule has 1 aromatic carbocycles. The highest BCUT2D eigenvalue weighted by Crippen LogP contribution is 2.36. The van der Waals surface area contributed by atoms with E-state index in [1.54, 1.807) is 0 Å². The fourth-order valence-corrected chi connectivity index (χ4v) is 2.74. The molecule has 104 valence electrons. The third kappa shape index (κ3) is 3.35. The third-order valence-electron chi connectivity index (χ3n) is 4.19. The van der Waals surface area contributed by atoms with Crippen LogP contribution in [0, 0.1) is 11.3 Å². The lowest BCUT2D eigenvalue weighted by Gasteiger charge is -2.42. The summed E-state index contributed by atoms with van der Waals surface area (Å²) in [5, 5.41) is 0. The van der Waals surface area contributed by atoms with Crippen molar-refractivity contribution in [1.29, 1.82) is 0 Å². The second kappa shape index (κ2) is 5.74. The Hall–Kier alpha value is -1.35. The highest BCUT2D eigenvalue weighted by molar-refractivity contribution is 5.73. The number of carbonyl (C=O) groups is 1. The van der Waals surface area contributed by atoms with E-state index in [1.807, 2.05) is 6.07 Å². The fraction of sp³-hybridized carbons (Fsp3) is 0.562. The van der Waals surface area contributed by atoms with Gasteiger partial charge in [-0.3, -0.25) is 9.69 Å². The van der Waals surface area contributed by atoms with Crippen LogP contribution in [-0.2, 0) is 16.1 Å². The van der Waals surface area contributed by atoms with Gasteiger partial charge in [-0.15, -0.1) is 0 Å². The van der Waals surface area contributed by atoms with Crippen molar-refractivity contribution in [1.82, 2.24) is 4.90 Å². The first-order valence-corrected chi connectivity index (χ1v) is 6.87. The number of ether oxygens (including phenoxy) is 1. The predicted octanol–water partition coefficient (Wildman–Crippen LogP) is 2.71. The highest BCUT2D eigenvalue weighted by Gasteiger charge is 2.40. The largest absolute Gasteiger partial charge is 0.469 e. The molecule has 1 aromatic rings. The van der Waals surface area contributed by atoms with Crippen molar-refractivity contribution >= 4 is 5.97 Å². The second-order valence-corrected chi connectivity index (χ2v) is 6.04. The minimum atomic E-state index is -0.0808. The number of hydrogen-bond donors (Lipinski definition) is 0. The molecule has 1 atom stereocenters. The van der Waals surface area contributed by atoms with Crippen LogP contribution in [0.3, 0.4) is 0 Å². The van der Waals surface area contributed by atoms with E-state index in [2.05, 4.69) is 43.0 Å². The molecule has 0 N–H and O–H groups in total. The molecule has 2 rings (SSSR count). The van der Waals surface area contributed by atoms with Crippen LogP contribution >= 0.6 is 0 Å². The Kier molecular flexibility index (Phi) is 4.25. The summed E-state index contributed by atoms with van der Waals surface area (Å²) in [6, 6.07) is 10.4. The van der Waals surface area contributed by atoms with Crippen molar-refractivity contribution < 1.29 is 9.53 Å². The molecule has 1 heterocycles. The van der Waals surface area contributed by atoms with Crippen LogP contribution < -0.4 is 0 Å². The van der Waals surface area contributed by atoms with E-state index in [0.29, 0.717) is 0 Å². The van der Waals surface area contributed by atoms with E-state index in [0.717, 1.165) is 26.1 Å². The van der Waals surface area contributed by atoms with Crippen molar-refractivity contribution in [3.8, 4) is 0 Å². The van der Waals surface area contributed by atoms with Crippen molar-refractivity contribution in [3.05, 3.63) is 35.9 Å². The van der Waals surface area contributed by atoms with Crippen molar-refractivity contribution in [2.45, 2.75) is 26.8 Å². The Balaban J connectivity index is 2.04. The number of hydrogen-bond acceptors (Lipinski definition) is 3. The average Bonchev–Trinajstić information content (AvgIpc) is 2.41. The summed E-state index contributed by atoms with van der Waals surface area (Å²) in [5.41, 5.74) is 1.33. The Morgan fingerprint density at radius 1 is 1.37 bits per heavy atom. The van der Waals surface area contributed by atoms with Crippen LogP contribution in [0.5, 0.6) is 0 Å². The van der Waals surface area contributed by atoms with Crippen LogP contribution in [0.1, 0.15) is 25.8 Å². The number of benzene rings is 1. The molecule has 0 radical (unpaired) electrons. The minimum Gasteiger partial charge on any atom is -0.469 e. The molecule has 1 aliphatic heterocycles. The van der Waals surface area contributed by atoms with E-state index in [4.69, 9.17) is 4.74 Å². The van der Waals surface area contributed by atoms with Crippen molar-refractivity contribution in [3.63, 3.8) is 0 Å². The molecule has 0 aliphatic carbocycles. The van der Waals surface area contributed by atoms with Gasteiger partial charge >= 0.3 is 5.97 Å². The average molecular weight is 261 g/mol. The summed E-state index contributed by atoms with van der Waals surface area (Å²) in [5.74, 6) is -0.113. The van der Waals surface area contributed by atoms with E-state index < -0.39 is 0 Å². The predicted molar refractivity (Wildman–Crippen MR) is 75.6 cm³/mol. The number of rotatable bonds is 3. The summed E-state index contributed by atoms with van der Waals surface area (Å²) in [6.45, 7) is 7.05. The minimum absolute atomic E-state index is 0.0281. The van der Waals surface area contributed by atoms with Gasteiger partial charge in [0.15, 0.2) is 0 Å². The van der Waals surface area contributed by atoms with Gasteiger partial charge in [0.1, 0.15) is 0 Å². The van der Waals surface area contributed by atoms with Gasteiger partial charge in [-0.1, -0.05) is 44.2 Å². The Morgan fingerprint density at radius 2 is 2.05 bits per heavy atom. The smallest absolute Gasteiger partial charge is 0.310 e. The van der Waals surface area contributed by atoms with Gasteiger partial charge in [-0.05, 0) is 23.9 Å². The molecule has 1 saturated heterocycles. The number of piperidine rings is 1. The van der Waals surface area contributed by atoms with Gasteiger partial charge in [0.05, 0.1) is 13.0 Å². The first-order valence-electron chi connectivity index (χ1n) is 6.87. The monoisotopic (exact) mass is 261 g/mol. The molecule has 0 bridgehead atoms. The molecular formula is C16H23NO2. The normalized spacial score (nSPS) is 23.0. The summed E-state index contributed by atoms with van der Waals surface area (Å²) in [7, 11) is 1.48. The van der Waals surface area contributed by atoms with Crippen LogP contribution in [0.15, 0.2) is 30.3 Å². The molecule has 0 amide bonds. The summed E-state index contributed by atoms with van der Waals surface area (Å²) in [4.78, 5) is 14.3. The number of methoxy groups -OCH3 is 1. The lowest BCUT2D eigenvalue weighted by Crippen LogP contribution is -2.48. The second-order valence-electron chi connectivity index (χ2n) is 6.04. The molecule has 0 spiro atoms. The van der Waals surface area contributed by atoms with Gasteiger partial charge in [0.25, 0.3) is 0 Å². The van der Waals surface area contributed by atoms with Gasteiger partial charge in [0.2, 0.25) is 0 Å². The maximum atomic E-state index is 11.9. The maximum absolute atomic E-state index is 11.9. The van der Waals surface area contributed by atoms with E-state index in [9.17, 15) is 4.79 Å². The number of esters is 1. The zero-order valence-electron chi connectivity index (χ0n) is 12.1. The lowest BCUT2D eigenvalue weighted by atomic mass is 9.73. The van der Waals surface area contributed by atoms with Crippen LogP contribution in [0.4, 0.5) is 0 Å². The zero-order valence-corrected chi connectivity index (χ0v) is 12.1. The molecular weight excluding hydrogens is 238 g/mol. The molecule has 0 aromatic heterocycles. The number of nitrogens with zero attached hydrogens (tertiary/aromatic N) is 1. The summed E-state index contributed by atoms with van der Waals surface area (Å²) in [6.07, 6.45) is 1.03. The van der Waals surface area contributed by atoms with Gasteiger partial charge < -0.3 is 4.74 Å². The van der Waals surface area contributed by atoms with Gasteiger partial charge in [-0.25, -0.2) is 0 Å². The maximum Gasteiger partial charge on any atom is 0.310 e. The van der Waals surface area contributed by atoms with Crippen LogP contribution in [-0.4, -0.2) is 31.1 Å². The Labute approximate surface area is 115 Å². The van der Waals surface area contributed by atoms with Crippen molar-refractivity contribution in [2.24, 2.45) is 11.3 Å². The number of carbonyl (C=O) groups excluding carboxylic acids is 1. The molecule has 1 aliphatic rings. The summed E-state index contributed by atoms with van der Waals surface area (Å²) < 4.78 is 4.96. The standard InChI is InChI=1S/C16H23NO2/c1-16(2)9-10-17(12-14(16)15(18)19-3)11-13-7-5-4-6-8-13/h4-8,14H,9-12H2,1-3H3. The molecule has 3 nitrogen and oxygen atoms in total. The Morgan fingerprint density at radius 3 is 2.68 bits per heavy atom. The fourth-order valence-electron chi connectivity index (χ4n) is 2.74. The SMILES string of the molecule is COC(=O)C1CN(Cc2ccccc2)CCC1(C)C. The van der Waals surface area contributed by atoms with Gasteiger partial charge in [-0.2, -0.15) is 0 Å². The van der Waals surface area contributed by atoms with E-state index in [1.165, 1.54) is 12.7 Å². The molecule has 1 fully saturated rings.